The van der Waals surface area contributed by atoms with E-state index in [2.05, 4.69) is 98.8 Å². The molecular weight excluding hydrogens is 671 g/mol. The monoisotopic (exact) mass is 725 g/mol. The fourth-order valence-electron chi connectivity index (χ4n) is 11.0. The first-order valence-corrected chi connectivity index (χ1v) is 21.3. The van der Waals surface area contributed by atoms with Gasteiger partial charge < -0.3 is 5.11 Å². The topological polar surface area (TPSA) is 58.9 Å². The number of allylic oxidation sites excluding steroid dienone is 9. The highest BCUT2D eigenvalue weighted by Crippen LogP contribution is 2.67. The molecule has 9 rings (SSSR count). The zero-order valence-electron chi connectivity index (χ0n) is 32.7. The van der Waals surface area contributed by atoms with E-state index in [0.29, 0.717) is 23.2 Å². The third-order valence-corrected chi connectivity index (χ3v) is 13.6. The molecule has 280 valence electrons. The van der Waals surface area contributed by atoms with Crippen LogP contribution in [0.3, 0.4) is 0 Å². The lowest BCUT2D eigenvalue weighted by Crippen LogP contribution is -2.40. The second-order valence-corrected chi connectivity index (χ2v) is 16.6. The van der Waals surface area contributed by atoms with Crippen LogP contribution in [0.15, 0.2) is 120 Å². The van der Waals surface area contributed by atoms with Gasteiger partial charge in [0, 0.05) is 23.7 Å². The van der Waals surface area contributed by atoms with Crippen molar-refractivity contribution in [1.29, 1.82) is 0 Å². The molecule has 5 unspecified atom stereocenters. The standard InChI is InChI=1S/C51H55N3O/c1-3-5-18-34(4-2)29-32-46-52-49(41-27-16-17-28-45(41)55)54-50(53-46)42-33-44-48(40-26-15-14-25-39(40)42)47-38-24-13-12-19-35(38)30-31-43(47)51(44,36-20-8-6-9-21-36)37-22-10-7-11-23-37/h6,8-10,13-14,16-17,20-25,27-28,30-31,34,42,44,48,55H,3-5,7,11-12,15,18-19,26,29,32-33H2,1-2H3. The first-order valence-electron chi connectivity index (χ1n) is 21.3. The first-order chi connectivity index (χ1) is 27.1. The number of hydrogen-bond donors (Lipinski definition) is 1. The summed E-state index contributed by atoms with van der Waals surface area (Å²) in [5.41, 5.74) is 12.2. The van der Waals surface area contributed by atoms with E-state index in [-0.39, 0.29) is 23.0 Å². The molecule has 4 heteroatoms. The molecule has 1 N–H and O–H groups in total. The van der Waals surface area contributed by atoms with Crippen LogP contribution in [0.25, 0.3) is 17.5 Å². The number of unbranched alkanes of at least 4 members (excludes halogenated alkanes) is 1. The fourth-order valence-corrected chi connectivity index (χ4v) is 11.0. The van der Waals surface area contributed by atoms with Gasteiger partial charge in [-0.25, -0.2) is 15.0 Å². The number of phenolic OH excluding ortho intramolecular Hbond substituents is 1. The molecule has 0 bridgehead atoms. The maximum absolute atomic E-state index is 11.1. The number of hydrogen-bond acceptors (Lipinski definition) is 4. The van der Waals surface area contributed by atoms with E-state index in [0.717, 1.165) is 69.4 Å². The van der Waals surface area contributed by atoms with Crippen molar-refractivity contribution in [1.82, 2.24) is 15.0 Å². The Labute approximate surface area is 328 Å². The van der Waals surface area contributed by atoms with E-state index in [1.54, 1.807) is 17.2 Å². The maximum atomic E-state index is 11.1. The Morgan fingerprint density at radius 3 is 2.44 bits per heavy atom. The number of aromatic hydroxyl groups is 1. The summed E-state index contributed by atoms with van der Waals surface area (Å²) >= 11 is 0. The van der Waals surface area contributed by atoms with Gasteiger partial charge in [0.2, 0.25) is 0 Å². The van der Waals surface area contributed by atoms with Gasteiger partial charge in [-0.05, 0) is 114 Å². The molecule has 0 spiro atoms. The predicted octanol–water partition coefficient (Wildman–Crippen LogP) is 12.5. The van der Waals surface area contributed by atoms with Crippen molar-refractivity contribution >= 4 is 6.08 Å². The predicted molar refractivity (Wildman–Crippen MR) is 225 cm³/mol. The van der Waals surface area contributed by atoms with Crippen LogP contribution in [0, 0.1) is 11.8 Å². The van der Waals surface area contributed by atoms with E-state index in [1.165, 1.54) is 59.1 Å². The minimum Gasteiger partial charge on any atom is -0.507 e. The molecule has 5 atom stereocenters. The summed E-state index contributed by atoms with van der Waals surface area (Å²) in [7, 11) is 0. The molecular formula is C51H55N3O. The quantitative estimate of drug-likeness (QED) is 0.167. The molecule has 55 heavy (non-hydrogen) atoms. The Morgan fingerprint density at radius 2 is 1.62 bits per heavy atom. The lowest BCUT2D eigenvalue weighted by atomic mass is 9.56. The van der Waals surface area contributed by atoms with E-state index in [1.807, 2.05) is 18.2 Å². The third kappa shape index (κ3) is 6.26. The number of fused-ring (bicyclic) bond motifs is 6. The zero-order chi connectivity index (χ0) is 37.4. The molecule has 0 amide bonds. The summed E-state index contributed by atoms with van der Waals surface area (Å²) < 4.78 is 0. The molecule has 1 aromatic heterocycles. The average molecular weight is 726 g/mol. The molecule has 0 fully saturated rings. The lowest BCUT2D eigenvalue weighted by Gasteiger charge is -2.46. The number of benzene rings is 3. The van der Waals surface area contributed by atoms with Crippen LogP contribution >= 0.6 is 0 Å². The lowest BCUT2D eigenvalue weighted by molar-refractivity contribution is 0.303. The van der Waals surface area contributed by atoms with E-state index in [4.69, 9.17) is 15.0 Å². The Bertz CT molecular complexity index is 2220. The van der Waals surface area contributed by atoms with Gasteiger partial charge in [-0.2, -0.15) is 0 Å². The number of nitrogens with zero attached hydrogens (tertiary/aromatic N) is 3. The molecule has 5 aliphatic carbocycles. The van der Waals surface area contributed by atoms with Crippen molar-refractivity contribution in [3.63, 3.8) is 0 Å². The number of rotatable bonds is 11. The Balaban J connectivity index is 1.26. The zero-order valence-corrected chi connectivity index (χ0v) is 32.7. The van der Waals surface area contributed by atoms with Crippen LogP contribution in [0.2, 0.25) is 0 Å². The van der Waals surface area contributed by atoms with Crippen LogP contribution in [0.1, 0.15) is 136 Å². The Kier molecular flexibility index (Phi) is 10.0. The largest absolute Gasteiger partial charge is 0.507 e. The van der Waals surface area contributed by atoms with Crippen molar-refractivity contribution in [2.24, 2.45) is 11.8 Å². The second kappa shape index (κ2) is 15.4. The highest BCUT2D eigenvalue weighted by Gasteiger charge is 2.59. The minimum absolute atomic E-state index is 0.0122. The van der Waals surface area contributed by atoms with Crippen molar-refractivity contribution in [2.75, 3.05) is 0 Å². The van der Waals surface area contributed by atoms with Crippen molar-refractivity contribution in [3.05, 3.63) is 159 Å². The normalized spacial score (nSPS) is 24.2. The van der Waals surface area contributed by atoms with Crippen molar-refractivity contribution < 1.29 is 5.11 Å². The number of aryl methyl sites for hydroxylation is 2. The number of aromatic nitrogens is 3. The van der Waals surface area contributed by atoms with Gasteiger partial charge in [-0.1, -0.05) is 142 Å². The molecule has 3 aromatic carbocycles. The van der Waals surface area contributed by atoms with Gasteiger partial charge in [0.1, 0.15) is 17.4 Å². The highest BCUT2D eigenvalue weighted by molar-refractivity contribution is 5.73. The Hall–Kier alpha value is -4.83. The fraction of sp³-hybridized carbons (Fsp3) is 0.392. The van der Waals surface area contributed by atoms with Gasteiger partial charge in [-0.3, -0.25) is 0 Å². The van der Waals surface area contributed by atoms with Crippen LogP contribution in [-0.2, 0) is 18.3 Å². The van der Waals surface area contributed by atoms with Crippen LogP contribution in [0.4, 0.5) is 0 Å². The smallest absolute Gasteiger partial charge is 0.167 e. The highest BCUT2D eigenvalue weighted by atomic mass is 16.3. The number of phenols is 1. The summed E-state index contributed by atoms with van der Waals surface area (Å²) in [6, 6.07) is 23.9. The van der Waals surface area contributed by atoms with Crippen LogP contribution < -0.4 is 0 Å². The minimum atomic E-state index is -0.305. The van der Waals surface area contributed by atoms with E-state index in [9.17, 15) is 5.11 Å². The van der Waals surface area contributed by atoms with Crippen molar-refractivity contribution in [3.8, 4) is 17.1 Å². The van der Waals surface area contributed by atoms with Gasteiger partial charge >= 0.3 is 0 Å². The summed E-state index contributed by atoms with van der Waals surface area (Å²) in [6.07, 6.45) is 31.2. The molecule has 0 saturated heterocycles. The molecule has 4 aromatic rings. The van der Waals surface area contributed by atoms with Gasteiger partial charge in [0.15, 0.2) is 5.82 Å². The molecule has 0 saturated carbocycles. The first kappa shape index (κ1) is 35.8. The van der Waals surface area contributed by atoms with E-state index >= 15 is 0 Å². The molecule has 4 nitrogen and oxygen atoms in total. The molecule has 5 aliphatic rings. The SMILES string of the molecule is CCCCC(CC)CCc1nc(-c2ccccc2O)nc(C2CC3C(C4=C2C=CCC4)c2c(ccc4c2C=CCC4)C3(C2=CCCC=C2)c2ccccc2)n1. The van der Waals surface area contributed by atoms with E-state index < -0.39 is 0 Å². The molecule has 1 heterocycles. The van der Waals surface area contributed by atoms with Crippen molar-refractivity contribution in [2.45, 2.75) is 115 Å². The van der Waals surface area contributed by atoms with Gasteiger partial charge in [0.25, 0.3) is 0 Å². The summed E-state index contributed by atoms with van der Waals surface area (Å²) in [6.45, 7) is 4.60. The molecule has 0 aliphatic heterocycles. The average Bonchev–Trinajstić information content (AvgIpc) is 3.56. The van der Waals surface area contributed by atoms with Crippen LogP contribution in [0.5, 0.6) is 5.75 Å². The third-order valence-electron chi connectivity index (χ3n) is 13.6. The summed E-state index contributed by atoms with van der Waals surface area (Å²) in [5.74, 6) is 3.76. The van der Waals surface area contributed by atoms with Crippen LogP contribution in [-0.4, -0.2) is 20.1 Å². The molecule has 0 radical (unpaired) electrons. The number of para-hydroxylation sites is 1. The Morgan fingerprint density at radius 1 is 0.800 bits per heavy atom. The summed E-state index contributed by atoms with van der Waals surface area (Å²) in [5, 5.41) is 11.1. The maximum Gasteiger partial charge on any atom is 0.167 e. The summed E-state index contributed by atoms with van der Waals surface area (Å²) in [4.78, 5) is 15.9. The van der Waals surface area contributed by atoms with Gasteiger partial charge in [0.05, 0.1) is 5.56 Å². The second-order valence-electron chi connectivity index (χ2n) is 16.6. The van der Waals surface area contributed by atoms with Gasteiger partial charge in [-0.15, -0.1) is 0 Å².